The average molecular weight is 183 g/mol. The second kappa shape index (κ2) is 3.25. The Labute approximate surface area is 80.7 Å². The predicted octanol–water partition coefficient (Wildman–Crippen LogP) is 1.68. The maximum atomic E-state index is 9.48. The van der Waals surface area contributed by atoms with Gasteiger partial charge in [-0.25, -0.2) is 0 Å². The molecule has 2 aliphatic rings. The third kappa shape index (κ3) is 1.75. The molecule has 2 rings (SSSR count). The maximum absolute atomic E-state index is 9.48. The van der Waals surface area contributed by atoms with Crippen molar-refractivity contribution in [3.8, 4) is 0 Å². The molecular formula is C11H21NO. The summed E-state index contributed by atoms with van der Waals surface area (Å²) in [4.78, 5) is 0. The van der Waals surface area contributed by atoms with E-state index in [9.17, 15) is 5.11 Å². The molecule has 2 aliphatic carbocycles. The number of hydrogen-bond acceptors (Lipinski definition) is 2. The third-order valence-corrected chi connectivity index (χ3v) is 3.91. The van der Waals surface area contributed by atoms with E-state index in [1.807, 2.05) is 0 Å². The molecule has 0 amide bonds. The summed E-state index contributed by atoms with van der Waals surface area (Å²) in [5.41, 5.74) is 0.440. The van der Waals surface area contributed by atoms with Gasteiger partial charge in [-0.05, 0) is 31.1 Å². The molecule has 2 fully saturated rings. The van der Waals surface area contributed by atoms with Crippen molar-refractivity contribution in [2.75, 3.05) is 0 Å². The number of nitrogens with one attached hydrogen (secondary N) is 1. The zero-order chi connectivity index (χ0) is 9.47. The van der Waals surface area contributed by atoms with Crippen LogP contribution < -0.4 is 5.32 Å². The van der Waals surface area contributed by atoms with E-state index in [2.05, 4.69) is 19.2 Å². The molecule has 0 bridgehead atoms. The molecule has 0 aromatic carbocycles. The van der Waals surface area contributed by atoms with E-state index in [1.165, 1.54) is 19.3 Å². The Bertz CT molecular complexity index is 191. The van der Waals surface area contributed by atoms with Gasteiger partial charge < -0.3 is 10.4 Å². The summed E-state index contributed by atoms with van der Waals surface area (Å²) < 4.78 is 0. The van der Waals surface area contributed by atoms with Gasteiger partial charge in [0.2, 0.25) is 0 Å². The molecule has 2 heteroatoms. The minimum atomic E-state index is -0.0728. The Balaban J connectivity index is 1.87. The highest BCUT2D eigenvalue weighted by Gasteiger charge is 2.38. The first-order valence-corrected chi connectivity index (χ1v) is 5.54. The highest BCUT2D eigenvalue weighted by Crippen LogP contribution is 2.38. The first-order chi connectivity index (χ1) is 6.09. The van der Waals surface area contributed by atoms with Crippen molar-refractivity contribution in [2.24, 2.45) is 5.41 Å². The Kier molecular flexibility index (Phi) is 2.37. The van der Waals surface area contributed by atoms with Crippen LogP contribution in [0.4, 0.5) is 0 Å². The van der Waals surface area contributed by atoms with Crippen molar-refractivity contribution in [1.82, 2.24) is 5.32 Å². The molecule has 0 aromatic heterocycles. The molecule has 13 heavy (non-hydrogen) atoms. The van der Waals surface area contributed by atoms with Gasteiger partial charge in [0.1, 0.15) is 0 Å². The Morgan fingerprint density at radius 2 is 2.00 bits per heavy atom. The van der Waals surface area contributed by atoms with E-state index in [0.717, 1.165) is 12.8 Å². The molecule has 1 unspecified atom stereocenters. The van der Waals surface area contributed by atoms with Crippen LogP contribution in [0.25, 0.3) is 0 Å². The van der Waals surface area contributed by atoms with Gasteiger partial charge in [-0.3, -0.25) is 0 Å². The lowest BCUT2D eigenvalue weighted by molar-refractivity contribution is 0.0364. The van der Waals surface area contributed by atoms with Crippen LogP contribution in [-0.4, -0.2) is 23.3 Å². The van der Waals surface area contributed by atoms with E-state index in [-0.39, 0.29) is 6.10 Å². The van der Waals surface area contributed by atoms with Gasteiger partial charge in [0.15, 0.2) is 0 Å². The number of rotatable bonds is 2. The summed E-state index contributed by atoms with van der Waals surface area (Å²) in [6.45, 7) is 4.67. The van der Waals surface area contributed by atoms with Crippen LogP contribution in [0.5, 0.6) is 0 Å². The maximum Gasteiger partial charge on any atom is 0.0693 e. The quantitative estimate of drug-likeness (QED) is 0.682. The average Bonchev–Trinajstić information content (AvgIpc) is 2.38. The van der Waals surface area contributed by atoms with Gasteiger partial charge in [0, 0.05) is 12.1 Å². The van der Waals surface area contributed by atoms with Crippen LogP contribution in [0, 0.1) is 5.41 Å². The number of hydrogen-bond donors (Lipinski definition) is 2. The van der Waals surface area contributed by atoms with Crippen LogP contribution >= 0.6 is 0 Å². The molecule has 76 valence electrons. The fourth-order valence-corrected chi connectivity index (χ4v) is 2.57. The standard InChI is InChI=1S/C11H21NO/c1-11(2)7-3-4-10(11)12-8-5-6-9(8)13/h8-10,12-13H,3-7H2,1-2H3/t8-,9-,10?/m1/s1. The zero-order valence-electron chi connectivity index (χ0n) is 8.71. The number of aliphatic hydroxyl groups excluding tert-OH is 1. The summed E-state index contributed by atoms with van der Waals surface area (Å²) in [6, 6.07) is 1.02. The fourth-order valence-electron chi connectivity index (χ4n) is 2.57. The molecule has 0 heterocycles. The number of aliphatic hydroxyl groups is 1. The van der Waals surface area contributed by atoms with Crippen LogP contribution in [-0.2, 0) is 0 Å². The first-order valence-electron chi connectivity index (χ1n) is 5.54. The fraction of sp³-hybridized carbons (Fsp3) is 1.00. The zero-order valence-corrected chi connectivity index (χ0v) is 8.71. The van der Waals surface area contributed by atoms with Crippen molar-refractivity contribution in [2.45, 2.75) is 64.1 Å². The van der Waals surface area contributed by atoms with Gasteiger partial charge in [-0.15, -0.1) is 0 Å². The summed E-state index contributed by atoms with van der Waals surface area (Å²) in [5.74, 6) is 0. The van der Waals surface area contributed by atoms with E-state index in [1.54, 1.807) is 0 Å². The molecule has 2 saturated carbocycles. The molecule has 0 aromatic rings. The minimum absolute atomic E-state index is 0.0728. The monoisotopic (exact) mass is 183 g/mol. The summed E-state index contributed by atoms with van der Waals surface area (Å²) in [6.07, 6.45) is 6.03. The predicted molar refractivity (Wildman–Crippen MR) is 53.6 cm³/mol. The van der Waals surface area contributed by atoms with Crippen LogP contribution in [0.15, 0.2) is 0 Å². The highest BCUT2D eigenvalue weighted by atomic mass is 16.3. The van der Waals surface area contributed by atoms with Crippen molar-refractivity contribution in [3.05, 3.63) is 0 Å². The topological polar surface area (TPSA) is 32.3 Å². The van der Waals surface area contributed by atoms with E-state index in [4.69, 9.17) is 0 Å². The van der Waals surface area contributed by atoms with Crippen LogP contribution in [0.1, 0.15) is 46.0 Å². The molecular weight excluding hydrogens is 162 g/mol. The third-order valence-electron chi connectivity index (χ3n) is 3.91. The molecule has 0 radical (unpaired) electrons. The van der Waals surface area contributed by atoms with E-state index in [0.29, 0.717) is 17.5 Å². The second-order valence-corrected chi connectivity index (χ2v) is 5.35. The molecule has 2 N–H and O–H groups in total. The lowest BCUT2D eigenvalue weighted by Gasteiger charge is -2.39. The van der Waals surface area contributed by atoms with Gasteiger partial charge >= 0.3 is 0 Å². The summed E-state index contributed by atoms with van der Waals surface area (Å²) in [7, 11) is 0. The summed E-state index contributed by atoms with van der Waals surface area (Å²) in [5, 5.41) is 13.1. The van der Waals surface area contributed by atoms with E-state index >= 15 is 0 Å². The van der Waals surface area contributed by atoms with Crippen molar-refractivity contribution >= 4 is 0 Å². The molecule has 0 aliphatic heterocycles. The molecule has 0 saturated heterocycles. The SMILES string of the molecule is CC1(C)CCCC1N[C@@H]1CC[C@H]1O. The second-order valence-electron chi connectivity index (χ2n) is 5.35. The normalized spacial score (nSPS) is 43.2. The lowest BCUT2D eigenvalue weighted by Crippen LogP contribution is -2.54. The van der Waals surface area contributed by atoms with Gasteiger partial charge in [-0.2, -0.15) is 0 Å². The summed E-state index contributed by atoms with van der Waals surface area (Å²) >= 11 is 0. The van der Waals surface area contributed by atoms with Crippen LogP contribution in [0.2, 0.25) is 0 Å². The first kappa shape index (κ1) is 9.47. The Morgan fingerprint density at radius 3 is 2.38 bits per heavy atom. The van der Waals surface area contributed by atoms with Gasteiger partial charge in [0.25, 0.3) is 0 Å². The Morgan fingerprint density at radius 1 is 1.23 bits per heavy atom. The Hall–Kier alpha value is -0.0800. The molecule has 2 nitrogen and oxygen atoms in total. The lowest BCUT2D eigenvalue weighted by atomic mass is 9.83. The molecule has 0 spiro atoms. The minimum Gasteiger partial charge on any atom is -0.392 e. The highest BCUT2D eigenvalue weighted by molar-refractivity contribution is 4.96. The van der Waals surface area contributed by atoms with Crippen molar-refractivity contribution in [1.29, 1.82) is 0 Å². The van der Waals surface area contributed by atoms with Gasteiger partial charge in [0.05, 0.1) is 6.10 Å². The van der Waals surface area contributed by atoms with Crippen LogP contribution in [0.3, 0.4) is 0 Å². The van der Waals surface area contributed by atoms with Crippen molar-refractivity contribution in [3.63, 3.8) is 0 Å². The smallest absolute Gasteiger partial charge is 0.0693 e. The molecule has 3 atom stereocenters. The van der Waals surface area contributed by atoms with Gasteiger partial charge in [-0.1, -0.05) is 20.3 Å². The van der Waals surface area contributed by atoms with Crippen molar-refractivity contribution < 1.29 is 5.11 Å². The largest absolute Gasteiger partial charge is 0.392 e. The van der Waals surface area contributed by atoms with E-state index < -0.39 is 0 Å².